The zero-order valence-electron chi connectivity index (χ0n) is 11.1. The van der Waals surface area contributed by atoms with Crippen LogP contribution in [0.4, 0.5) is 0 Å². The highest BCUT2D eigenvalue weighted by Gasteiger charge is 2.27. The summed E-state index contributed by atoms with van der Waals surface area (Å²) in [5.41, 5.74) is 0. The largest absolute Gasteiger partial charge is 0.348 e. The lowest BCUT2D eigenvalue weighted by atomic mass is 9.95. The molecule has 1 N–H and O–H groups in total. The van der Waals surface area contributed by atoms with E-state index in [0.29, 0.717) is 6.04 Å². The van der Waals surface area contributed by atoms with E-state index in [1.165, 1.54) is 11.3 Å². The van der Waals surface area contributed by atoms with Gasteiger partial charge in [-0.25, -0.2) is 0 Å². The molecule has 1 saturated carbocycles. The molecule has 5 heteroatoms. The number of amides is 1. The van der Waals surface area contributed by atoms with Gasteiger partial charge in [-0.3, -0.25) is 9.00 Å². The van der Waals surface area contributed by atoms with Gasteiger partial charge in [0.2, 0.25) is 5.91 Å². The Kier molecular flexibility index (Phi) is 6.12. The average Bonchev–Trinajstić information content (AvgIpc) is 2.29. The van der Waals surface area contributed by atoms with Crippen LogP contribution in [0.1, 0.15) is 32.6 Å². The second-order valence-corrected chi connectivity index (χ2v) is 6.57. The van der Waals surface area contributed by atoms with Crippen LogP contribution in [0, 0.1) is 0 Å². The van der Waals surface area contributed by atoms with Gasteiger partial charge in [0.05, 0.1) is 0 Å². The molecule has 1 amide bonds. The molecule has 3 atom stereocenters. The molecular weight excluding hydrogens is 236 g/mol. The van der Waals surface area contributed by atoms with Crippen molar-refractivity contribution in [1.82, 2.24) is 10.2 Å². The maximum absolute atomic E-state index is 12.1. The molecule has 17 heavy (non-hydrogen) atoms. The van der Waals surface area contributed by atoms with Crippen LogP contribution in [0.25, 0.3) is 0 Å². The Hall–Kier alpha value is -0.420. The SMILES string of the molecule is CCNC1CCCC(S(=O)CC(=O)N(C)C)C1. The molecule has 1 rings (SSSR count). The first-order chi connectivity index (χ1) is 8.04. The van der Waals surface area contributed by atoms with Gasteiger partial charge in [0.15, 0.2) is 0 Å². The predicted octanol–water partition coefficient (Wildman–Crippen LogP) is 0.744. The quantitative estimate of drug-likeness (QED) is 0.793. The monoisotopic (exact) mass is 260 g/mol. The summed E-state index contributed by atoms with van der Waals surface area (Å²) in [6, 6.07) is 0.483. The van der Waals surface area contributed by atoms with Gasteiger partial charge in [0, 0.05) is 36.2 Å². The van der Waals surface area contributed by atoms with E-state index in [9.17, 15) is 9.00 Å². The van der Waals surface area contributed by atoms with Crippen molar-refractivity contribution in [1.29, 1.82) is 0 Å². The van der Waals surface area contributed by atoms with E-state index in [-0.39, 0.29) is 16.9 Å². The fraction of sp³-hybridized carbons (Fsp3) is 0.917. The fourth-order valence-corrected chi connectivity index (χ4v) is 3.84. The molecule has 4 nitrogen and oxygen atoms in total. The van der Waals surface area contributed by atoms with Crippen LogP contribution in [0.2, 0.25) is 0 Å². The van der Waals surface area contributed by atoms with Crippen LogP contribution < -0.4 is 5.32 Å². The van der Waals surface area contributed by atoms with Gasteiger partial charge in [-0.15, -0.1) is 0 Å². The Morgan fingerprint density at radius 2 is 2.12 bits per heavy atom. The Morgan fingerprint density at radius 1 is 1.41 bits per heavy atom. The lowest BCUT2D eigenvalue weighted by Gasteiger charge is -2.29. The summed E-state index contributed by atoms with van der Waals surface area (Å²) in [4.78, 5) is 13.0. The third-order valence-electron chi connectivity index (χ3n) is 3.26. The summed E-state index contributed by atoms with van der Waals surface area (Å²) < 4.78 is 12.1. The smallest absolute Gasteiger partial charge is 0.234 e. The van der Waals surface area contributed by atoms with Crippen LogP contribution >= 0.6 is 0 Å². The van der Waals surface area contributed by atoms with E-state index in [2.05, 4.69) is 12.2 Å². The van der Waals surface area contributed by atoms with Gasteiger partial charge in [-0.2, -0.15) is 0 Å². The summed E-state index contributed by atoms with van der Waals surface area (Å²) in [6.07, 6.45) is 4.23. The summed E-state index contributed by atoms with van der Waals surface area (Å²) in [5, 5.41) is 3.61. The van der Waals surface area contributed by atoms with E-state index < -0.39 is 10.8 Å². The third kappa shape index (κ3) is 4.76. The topological polar surface area (TPSA) is 49.4 Å². The van der Waals surface area contributed by atoms with Gasteiger partial charge in [-0.05, 0) is 25.8 Å². The number of hydrogen-bond donors (Lipinski definition) is 1. The first kappa shape index (κ1) is 14.6. The van der Waals surface area contributed by atoms with Crippen LogP contribution in [0.15, 0.2) is 0 Å². The number of carbonyl (C=O) groups excluding carboxylic acids is 1. The van der Waals surface area contributed by atoms with E-state index in [1.807, 2.05) is 0 Å². The summed E-state index contributed by atoms with van der Waals surface area (Å²) in [5.74, 6) is 0.144. The van der Waals surface area contributed by atoms with Crippen LogP contribution in [-0.2, 0) is 15.6 Å². The highest BCUT2D eigenvalue weighted by Crippen LogP contribution is 2.23. The lowest BCUT2D eigenvalue weighted by Crippen LogP contribution is -2.39. The van der Waals surface area contributed by atoms with Crippen molar-refractivity contribution in [3.8, 4) is 0 Å². The zero-order valence-corrected chi connectivity index (χ0v) is 11.9. The van der Waals surface area contributed by atoms with E-state index >= 15 is 0 Å². The third-order valence-corrected chi connectivity index (χ3v) is 4.96. The highest BCUT2D eigenvalue weighted by molar-refractivity contribution is 7.86. The van der Waals surface area contributed by atoms with Crippen molar-refractivity contribution in [2.75, 3.05) is 26.4 Å². The van der Waals surface area contributed by atoms with Crippen LogP contribution in [0.5, 0.6) is 0 Å². The highest BCUT2D eigenvalue weighted by atomic mass is 32.2. The zero-order chi connectivity index (χ0) is 12.8. The van der Waals surface area contributed by atoms with Crippen LogP contribution in [-0.4, -0.2) is 52.7 Å². The number of rotatable bonds is 5. The molecule has 0 aliphatic heterocycles. The molecular formula is C12H24N2O2S. The number of hydrogen-bond acceptors (Lipinski definition) is 3. The van der Waals surface area contributed by atoms with Gasteiger partial charge in [0.25, 0.3) is 0 Å². The molecule has 0 saturated heterocycles. The molecule has 0 aromatic carbocycles. The molecule has 0 aromatic heterocycles. The Balaban J connectivity index is 2.43. The van der Waals surface area contributed by atoms with Crippen molar-refractivity contribution in [2.45, 2.75) is 43.9 Å². The Bertz CT molecular complexity index is 280. The maximum Gasteiger partial charge on any atom is 0.234 e. The summed E-state index contributed by atoms with van der Waals surface area (Å²) in [7, 11) is 2.41. The fourth-order valence-electron chi connectivity index (χ4n) is 2.23. The molecule has 0 aromatic rings. The molecule has 1 aliphatic rings. The molecule has 0 heterocycles. The normalized spacial score (nSPS) is 26.5. The second kappa shape index (κ2) is 7.11. The van der Waals surface area contributed by atoms with E-state index in [4.69, 9.17) is 0 Å². The van der Waals surface area contributed by atoms with E-state index in [1.54, 1.807) is 14.1 Å². The van der Waals surface area contributed by atoms with Gasteiger partial charge >= 0.3 is 0 Å². The molecule has 100 valence electrons. The number of carbonyl (C=O) groups is 1. The van der Waals surface area contributed by atoms with Gasteiger partial charge < -0.3 is 10.2 Å². The predicted molar refractivity (Wildman–Crippen MR) is 71.4 cm³/mol. The molecule has 3 unspecified atom stereocenters. The summed E-state index contributed by atoms with van der Waals surface area (Å²) >= 11 is 0. The molecule has 0 spiro atoms. The maximum atomic E-state index is 12.1. The first-order valence-corrected chi connectivity index (χ1v) is 7.73. The number of nitrogens with one attached hydrogen (secondary N) is 1. The molecule has 0 radical (unpaired) electrons. The lowest BCUT2D eigenvalue weighted by molar-refractivity contribution is -0.125. The first-order valence-electron chi connectivity index (χ1n) is 6.35. The minimum Gasteiger partial charge on any atom is -0.348 e. The van der Waals surface area contributed by atoms with Crippen molar-refractivity contribution < 1.29 is 9.00 Å². The van der Waals surface area contributed by atoms with Crippen molar-refractivity contribution in [3.05, 3.63) is 0 Å². The second-order valence-electron chi connectivity index (χ2n) is 4.86. The van der Waals surface area contributed by atoms with Gasteiger partial charge in [-0.1, -0.05) is 13.3 Å². The molecule has 1 aliphatic carbocycles. The Morgan fingerprint density at radius 3 is 2.71 bits per heavy atom. The average molecular weight is 260 g/mol. The standard InChI is InChI=1S/C12H24N2O2S/c1-4-13-10-6-5-7-11(8-10)17(16)9-12(15)14(2)3/h10-11,13H,4-9H2,1-3H3. The minimum atomic E-state index is -1.01. The van der Waals surface area contributed by atoms with Gasteiger partial charge in [0.1, 0.15) is 5.75 Å². The molecule has 1 fully saturated rings. The minimum absolute atomic E-state index is 0.0334. The van der Waals surface area contributed by atoms with E-state index in [0.717, 1.165) is 25.8 Å². The summed E-state index contributed by atoms with van der Waals surface area (Å²) in [6.45, 7) is 3.05. The Labute approximate surface area is 107 Å². The van der Waals surface area contributed by atoms with Crippen molar-refractivity contribution in [3.63, 3.8) is 0 Å². The van der Waals surface area contributed by atoms with Crippen molar-refractivity contribution >= 4 is 16.7 Å². The number of nitrogens with zero attached hydrogens (tertiary/aromatic N) is 1. The van der Waals surface area contributed by atoms with Crippen LogP contribution in [0.3, 0.4) is 0 Å². The molecule has 0 bridgehead atoms. The van der Waals surface area contributed by atoms with Crippen molar-refractivity contribution in [2.24, 2.45) is 0 Å².